The van der Waals surface area contributed by atoms with Crippen LogP contribution in [0.1, 0.15) is 6.92 Å². The van der Waals surface area contributed by atoms with E-state index in [0.717, 1.165) is 0 Å². The summed E-state index contributed by atoms with van der Waals surface area (Å²) in [6.45, 7) is 2.01. The van der Waals surface area contributed by atoms with Crippen LogP contribution in [0.15, 0.2) is 24.3 Å². The van der Waals surface area contributed by atoms with E-state index in [9.17, 15) is 14.9 Å². The van der Waals surface area contributed by atoms with E-state index in [2.05, 4.69) is 5.32 Å². The van der Waals surface area contributed by atoms with E-state index in [1.54, 1.807) is 0 Å². The Morgan fingerprint density at radius 1 is 1.47 bits per heavy atom. The molecular weight excluding hydrogens is 268 g/mol. The lowest BCUT2D eigenvalue weighted by molar-refractivity contribution is -0.384. The van der Waals surface area contributed by atoms with Crippen molar-refractivity contribution in [2.45, 2.75) is 6.92 Å². The lowest BCUT2D eigenvalue weighted by Gasteiger charge is -2.07. The summed E-state index contributed by atoms with van der Waals surface area (Å²) >= 11 is 1.44. The van der Waals surface area contributed by atoms with Crippen LogP contribution in [0, 0.1) is 16.0 Å². The molecule has 1 amide bonds. The number of nitro groups is 1. The second-order valence-corrected chi connectivity index (χ2v) is 5.19. The van der Waals surface area contributed by atoms with Crippen molar-refractivity contribution in [3.63, 3.8) is 0 Å². The summed E-state index contributed by atoms with van der Waals surface area (Å²) in [6, 6.07) is 5.68. The van der Waals surface area contributed by atoms with E-state index in [1.165, 1.54) is 36.0 Å². The zero-order valence-corrected chi connectivity index (χ0v) is 11.4. The monoisotopic (exact) mass is 284 g/mol. The summed E-state index contributed by atoms with van der Waals surface area (Å²) in [5.74, 6) is 1.01. The van der Waals surface area contributed by atoms with Crippen LogP contribution in [0.25, 0.3) is 0 Å². The molecule has 0 aliphatic carbocycles. The van der Waals surface area contributed by atoms with Gasteiger partial charge in [0, 0.05) is 24.4 Å². The topological polar surface area (TPSA) is 92.5 Å². The number of carbonyl (C=O) groups excluding carboxylic acids is 1. The van der Waals surface area contributed by atoms with Crippen molar-refractivity contribution in [1.29, 1.82) is 0 Å². The summed E-state index contributed by atoms with van der Waals surface area (Å²) in [4.78, 5) is 21.5. The Balaban J connectivity index is 2.38. The predicted molar refractivity (Wildman–Crippen MR) is 75.3 cm³/mol. The van der Waals surface area contributed by atoms with Gasteiger partial charge in [0.15, 0.2) is 0 Å². The number of hydrogen-bond acceptors (Lipinski definition) is 5. The molecule has 1 aromatic carbocycles. The molecule has 0 spiro atoms. The zero-order valence-electron chi connectivity index (χ0n) is 10.5. The van der Waals surface area contributed by atoms with Gasteiger partial charge >= 0.3 is 0 Å². The molecule has 19 heavy (non-hydrogen) atoms. The molecule has 2 N–H and O–H groups in total. The molecule has 0 radical (unpaired) electrons. The number of rotatable bonds is 7. The summed E-state index contributed by atoms with van der Waals surface area (Å²) in [5, 5.41) is 22.0. The molecule has 104 valence electrons. The van der Waals surface area contributed by atoms with E-state index >= 15 is 0 Å². The molecule has 1 unspecified atom stereocenters. The molecular formula is C12H16N2O4S. The van der Waals surface area contributed by atoms with Crippen LogP contribution in [-0.4, -0.2) is 34.0 Å². The Hall–Kier alpha value is -1.60. The number of aliphatic hydroxyl groups excluding tert-OH is 1. The highest BCUT2D eigenvalue weighted by atomic mass is 32.2. The number of nitro benzene ring substituents is 1. The number of amides is 1. The number of aliphatic hydroxyl groups is 1. The first-order valence-electron chi connectivity index (χ1n) is 5.76. The molecule has 0 saturated heterocycles. The lowest BCUT2D eigenvalue weighted by Crippen LogP contribution is -2.15. The first-order valence-corrected chi connectivity index (χ1v) is 6.91. The Bertz CT molecular complexity index is 436. The van der Waals surface area contributed by atoms with E-state index in [1.807, 2.05) is 6.92 Å². The average Bonchev–Trinajstić information content (AvgIpc) is 2.39. The third-order valence-corrected chi connectivity index (χ3v) is 3.58. The maximum Gasteiger partial charge on any atom is 0.269 e. The van der Waals surface area contributed by atoms with Gasteiger partial charge in [-0.2, -0.15) is 11.8 Å². The van der Waals surface area contributed by atoms with E-state index in [0.29, 0.717) is 17.2 Å². The van der Waals surface area contributed by atoms with Gasteiger partial charge in [0.05, 0.1) is 10.7 Å². The number of hydrogen-bond donors (Lipinski definition) is 2. The van der Waals surface area contributed by atoms with Crippen molar-refractivity contribution in [1.82, 2.24) is 0 Å². The largest absolute Gasteiger partial charge is 0.396 e. The highest BCUT2D eigenvalue weighted by molar-refractivity contribution is 7.99. The van der Waals surface area contributed by atoms with Crippen LogP contribution in [0.4, 0.5) is 11.4 Å². The van der Waals surface area contributed by atoms with Crippen molar-refractivity contribution in [2.24, 2.45) is 5.92 Å². The van der Waals surface area contributed by atoms with Crippen LogP contribution in [0.3, 0.4) is 0 Å². The maximum atomic E-state index is 11.6. The quantitative estimate of drug-likeness (QED) is 0.589. The molecule has 7 heteroatoms. The summed E-state index contributed by atoms with van der Waals surface area (Å²) in [6.07, 6.45) is 0. The highest BCUT2D eigenvalue weighted by Gasteiger charge is 2.07. The first kappa shape index (κ1) is 15.5. The smallest absolute Gasteiger partial charge is 0.269 e. The molecule has 0 aromatic heterocycles. The molecule has 1 rings (SSSR count). The Labute approximate surface area is 115 Å². The molecule has 0 heterocycles. The molecule has 0 saturated carbocycles. The fourth-order valence-electron chi connectivity index (χ4n) is 1.27. The van der Waals surface area contributed by atoms with E-state index < -0.39 is 4.92 Å². The number of non-ortho nitro benzene ring substituents is 1. The molecule has 6 nitrogen and oxygen atoms in total. The number of carbonyl (C=O) groups is 1. The Morgan fingerprint density at radius 3 is 2.63 bits per heavy atom. The molecule has 1 atom stereocenters. The molecule has 1 aromatic rings. The van der Waals surface area contributed by atoms with Gasteiger partial charge in [-0.15, -0.1) is 0 Å². The SMILES string of the molecule is CC(CO)CSCC(=O)Nc1ccc([N+](=O)[O-])cc1. The van der Waals surface area contributed by atoms with Crippen LogP contribution < -0.4 is 5.32 Å². The summed E-state index contributed by atoms with van der Waals surface area (Å²) in [5.41, 5.74) is 0.524. The van der Waals surface area contributed by atoms with Crippen LogP contribution in [-0.2, 0) is 4.79 Å². The second kappa shape index (κ2) is 7.75. The van der Waals surface area contributed by atoms with Gasteiger partial charge in [0.25, 0.3) is 5.69 Å². The number of anilines is 1. The number of nitrogens with one attached hydrogen (secondary N) is 1. The van der Waals surface area contributed by atoms with Gasteiger partial charge in [-0.1, -0.05) is 6.92 Å². The van der Waals surface area contributed by atoms with E-state index in [4.69, 9.17) is 5.11 Å². The lowest BCUT2D eigenvalue weighted by atomic mass is 10.2. The van der Waals surface area contributed by atoms with Crippen LogP contribution in [0.2, 0.25) is 0 Å². The minimum absolute atomic E-state index is 0.0101. The molecule has 0 fully saturated rings. The van der Waals surface area contributed by atoms with Crippen molar-refractivity contribution >= 4 is 29.0 Å². The maximum absolute atomic E-state index is 11.6. The summed E-state index contributed by atoms with van der Waals surface area (Å²) < 4.78 is 0. The fraction of sp³-hybridized carbons (Fsp3) is 0.417. The predicted octanol–water partition coefficient (Wildman–Crippen LogP) is 1.89. The van der Waals surface area contributed by atoms with Crippen molar-refractivity contribution in [3.05, 3.63) is 34.4 Å². The number of nitrogens with zero attached hydrogens (tertiary/aromatic N) is 1. The normalized spacial score (nSPS) is 11.9. The Kier molecular flexibility index (Phi) is 6.31. The third kappa shape index (κ3) is 5.71. The van der Waals surface area contributed by atoms with Gasteiger partial charge in [-0.25, -0.2) is 0 Å². The van der Waals surface area contributed by atoms with Crippen molar-refractivity contribution < 1.29 is 14.8 Å². The van der Waals surface area contributed by atoms with E-state index in [-0.39, 0.29) is 24.1 Å². The van der Waals surface area contributed by atoms with Gasteiger partial charge in [-0.05, 0) is 23.8 Å². The van der Waals surface area contributed by atoms with Gasteiger partial charge in [-0.3, -0.25) is 14.9 Å². The molecule has 0 bridgehead atoms. The number of thioether (sulfide) groups is 1. The van der Waals surface area contributed by atoms with Gasteiger partial charge in [0.2, 0.25) is 5.91 Å². The molecule has 0 aliphatic heterocycles. The fourth-order valence-corrected chi connectivity index (χ4v) is 2.15. The van der Waals surface area contributed by atoms with Gasteiger partial charge in [0.1, 0.15) is 0 Å². The van der Waals surface area contributed by atoms with Crippen molar-refractivity contribution in [3.8, 4) is 0 Å². The third-order valence-electron chi connectivity index (χ3n) is 2.31. The summed E-state index contributed by atoms with van der Waals surface area (Å²) in [7, 11) is 0. The standard InChI is InChI=1S/C12H16N2O4S/c1-9(6-15)7-19-8-12(16)13-10-2-4-11(5-3-10)14(17)18/h2-5,9,15H,6-8H2,1H3,(H,13,16). The molecule has 0 aliphatic rings. The minimum atomic E-state index is -0.488. The highest BCUT2D eigenvalue weighted by Crippen LogP contribution is 2.16. The Morgan fingerprint density at radius 2 is 2.11 bits per heavy atom. The zero-order chi connectivity index (χ0) is 14.3. The van der Waals surface area contributed by atoms with Gasteiger partial charge < -0.3 is 10.4 Å². The number of benzene rings is 1. The minimum Gasteiger partial charge on any atom is -0.396 e. The first-order chi connectivity index (χ1) is 9.02. The van der Waals surface area contributed by atoms with Crippen LogP contribution in [0.5, 0.6) is 0 Å². The van der Waals surface area contributed by atoms with Crippen LogP contribution >= 0.6 is 11.8 Å². The van der Waals surface area contributed by atoms with Crippen molar-refractivity contribution in [2.75, 3.05) is 23.4 Å². The second-order valence-electron chi connectivity index (χ2n) is 4.16. The average molecular weight is 284 g/mol.